The van der Waals surface area contributed by atoms with E-state index < -0.39 is 0 Å². The number of hydrogen-bond donors (Lipinski definition) is 2. The molecule has 1 rings (SSSR count). The van der Waals surface area contributed by atoms with Crippen LogP contribution in [0.3, 0.4) is 0 Å². The quantitative estimate of drug-likeness (QED) is 0.745. The Hall–Kier alpha value is -1.48. The molecule has 1 atom stereocenters. The maximum atomic E-state index is 9.72. The van der Waals surface area contributed by atoms with E-state index in [1.165, 1.54) is 0 Å². The van der Waals surface area contributed by atoms with Crippen LogP contribution in [0.15, 0.2) is 30.4 Å². The number of phenols is 1. The van der Waals surface area contributed by atoms with Crippen LogP contribution in [0, 0.1) is 0 Å². The van der Waals surface area contributed by atoms with Gasteiger partial charge in [0.25, 0.3) is 0 Å². The molecule has 0 unspecified atom stereocenters. The summed E-state index contributed by atoms with van der Waals surface area (Å²) in [5, 5.41) is 9.72. The van der Waals surface area contributed by atoms with Gasteiger partial charge in [-0.1, -0.05) is 11.6 Å². The lowest BCUT2D eigenvalue weighted by molar-refractivity contribution is 0.393. The molecule has 0 heterocycles. The van der Waals surface area contributed by atoms with Gasteiger partial charge in [0.2, 0.25) is 0 Å². The Kier molecular flexibility index (Phi) is 3.74. The molecule has 0 aromatic heterocycles. The lowest BCUT2D eigenvalue weighted by atomic mass is 9.99. The van der Waals surface area contributed by atoms with Crippen LogP contribution in [0.2, 0.25) is 0 Å². The number of benzene rings is 1. The summed E-state index contributed by atoms with van der Waals surface area (Å²) < 4.78 is 5.16. The highest BCUT2D eigenvalue weighted by molar-refractivity contribution is 5.46. The largest absolute Gasteiger partial charge is 0.507 e. The van der Waals surface area contributed by atoms with E-state index >= 15 is 0 Å². The van der Waals surface area contributed by atoms with Gasteiger partial charge in [-0.3, -0.25) is 0 Å². The summed E-state index contributed by atoms with van der Waals surface area (Å²) in [5.74, 6) is 0.784. The number of nitrogens with two attached hydrogens (primary N) is 1. The summed E-state index contributed by atoms with van der Waals surface area (Å²) in [4.78, 5) is 0. The summed E-state index contributed by atoms with van der Waals surface area (Å²) >= 11 is 0. The molecule has 0 bridgehead atoms. The zero-order valence-electron chi connectivity index (χ0n) is 9.16. The van der Waals surface area contributed by atoms with Crippen LogP contribution < -0.4 is 10.5 Å². The first-order chi connectivity index (χ1) is 7.06. The van der Waals surface area contributed by atoms with E-state index in [2.05, 4.69) is 6.58 Å². The Balaban J connectivity index is 3.05. The van der Waals surface area contributed by atoms with Crippen molar-refractivity contribution >= 4 is 0 Å². The van der Waals surface area contributed by atoms with Gasteiger partial charge in [-0.2, -0.15) is 0 Å². The highest BCUT2D eigenvalue weighted by atomic mass is 16.5. The molecule has 0 fully saturated rings. The molecule has 0 aliphatic carbocycles. The van der Waals surface area contributed by atoms with E-state index in [1.807, 2.05) is 6.92 Å². The van der Waals surface area contributed by atoms with Crippen LogP contribution >= 0.6 is 0 Å². The molecule has 0 aliphatic heterocycles. The molecule has 0 amide bonds. The second-order valence-corrected chi connectivity index (χ2v) is 3.66. The summed E-state index contributed by atoms with van der Waals surface area (Å²) in [6.45, 7) is 5.71. The predicted octanol–water partition coefficient (Wildman–Crippen LogP) is 2.37. The Bertz CT molecular complexity index is 361. The van der Waals surface area contributed by atoms with Crippen molar-refractivity contribution < 1.29 is 9.84 Å². The monoisotopic (exact) mass is 207 g/mol. The van der Waals surface area contributed by atoms with Gasteiger partial charge in [0, 0.05) is 6.04 Å². The van der Waals surface area contributed by atoms with Gasteiger partial charge in [0.15, 0.2) is 0 Å². The van der Waals surface area contributed by atoms with Crippen LogP contribution in [0.5, 0.6) is 11.5 Å². The number of rotatable bonds is 4. The SMILES string of the molecule is C=C(C)C[C@@H](N)c1c(O)cccc1OC. The highest BCUT2D eigenvalue weighted by Crippen LogP contribution is 2.34. The molecule has 0 radical (unpaired) electrons. The summed E-state index contributed by atoms with van der Waals surface area (Å²) in [6.07, 6.45) is 0.633. The third kappa shape index (κ3) is 2.73. The minimum absolute atomic E-state index is 0.170. The van der Waals surface area contributed by atoms with Crippen molar-refractivity contribution in [3.05, 3.63) is 35.9 Å². The second-order valence-electron chi connectivity index (χ2n) is 3.66. The van der Waals surface area contributed by atoms with Gasteiger partial charge in [-0.15, -0.1) is 6.58 Å². The van der Waals surface area contributed by atoms with Gasteiger partial charge in [0.1, 0.15) is 11.5 Å². The first-order valence-corrected chi connectivity index (χ1v) is 4.82. The number of phenolic OH excluding ortho intramolecular Hbond substituents is 1. The van der Waals surface area contributed by atoms with Crippen molar-refractivity contribution in [3.63, 3.8) is 0 Å². The summed E-state index contributed by atoms with van der Waals surface area (Å²) in [7, 11) is 1.56. The molecule has 82 valence electrons. The molecule has 3 N–H and O–H groups in total. The molecule has 15 heavy (non-hydrogen) atoms. The maximum Gasteiger partial charge on any atom is 0.127 e. The minimum Gasteiger partial charge on any atom is -0.507 e. The Morgan fingerprint density at radius 2 is 2.27 bits per heavy atom. The third-order valence-electron chi connectivity index (χ3n) is 2.20. The number of ether oxygens (including phenoxy) is 1. The fourth-order valence-electron chi connectivity index (χ4n) is 1.56. The second kappa shape index (κ2) is 4.84. The Morgan fingerprint density at radius 3 is 2.80 bits per heavy atom. The van der Waals surface area contributed by atoms with Crippen LogP contribution in [0.25, 0.3) is 0 Å². The van der Waals surface area contributed by atoms with E-state index in [0.29, 0.717) is 17.7 Å². The molecular formula is C12H17NO2. The zero-order valence-corrected chi connectivity index (χ0v) is 9.16. The number of aromatic hydroxyl groups is 1. The lowest BCUT2D eigenvalue weighted by Crippen LogP contribution is -2.12. The molecule has 1 aromatic rings. The average Bonchev–Trinajstić information content (AvgIpc) is 2.15. The van der Waals surface area contributed by atoms with Gasteiger partial charge in [-0.25, -0.2) is 0 Å². The van der Waals surface area contributed by atoms with Crippen molar-refractivity contribution in [2.75, 3.05) is 7.11 Å². The van der Waals surface area contributed by atoms with Crippen LogP contribution in [-0.2, 0) is 0 Å². The van der Waals surface area contributed by atoms with Gasteiger partial charge >= 0.3 is 0 Å². The van der Waals surface area contributed by atoms with Crippen LogP contribution in [-0.4, -0.2) is 12.2 Å². The highest BCUT2D eigenvalue weighted by Gasteiger charge is 2.16. The van der Waals surface area contributed by atoms with Gasteiger partial charge in [-0.05, 0) is 25.5 Å². The Morgan fingerprint density at radius 1 is 1.60 bits per heavy atom. The van der Waals surface area contributed by atoms with Crippen molar-refractivity contribution in [1.82, 2.24) is 0 Å². The number of hydrogen-bond acceptors (Lipinski definition) is 3. The van der Waals surface area contributed by atoms with E-state index in [4.69, 9.17) is 10.5 Å². The first-order valence-electron chi connectivity index (χ1n) is 4.82. The molecule has 3 nitrogen and oxygen atoms in total. The standard InChI is InChI=1S/C12H17NO2/c1-8(2)7-9(13)12-10(14)5-4-6-11(12)15-3/h4-6,9,14H,1,7,13H2,2-3H3/t9-/m1/s1. The summed E-state index contributed by atoms with van der Waals surface area (Å²) in [5.41, 5.74) is 7.59. The molecule has 1 aromatic carbocycles. The normalized spacial score (nSPS) is 12.2. The van der Waals surface area contributed by atoms with E-state index in [1.54, 1.807) is 25.3 Å². The van der Waals surface area contributed by atoms with Gasteiger partial charge < -0.3 is 15.6 Å². The first kappa shape index (κ1) is 11.6. The van der Waals surface area contributed by atoms with Crippen molar-refractivity contribution in [1.29, 1.82) is 0 Å². The predicted molar refractivity (Wildman–Crippen MR) is 61.0 cm³/mol. The average molecular weight is 207 g/mol. The Labute approximate surface area is 90.2 Å². The van der Waals surface area contributed by atoms with E-state index in [-0.39, 0.29) is 11.8 Å². The zero-order chi connectivity index (χ0) is 11.4. The molecular weight excluding hydrogens is 190 g/mol. The smallest absolute Gasteiger partial charge is 0.127 e. The topological polar surface area (TPSA) is 55.5 Å². The number of methoxy groups -OCH3 is 1. The van der Waals surface area contributed by atoms with Crippen molar-refractivity contribution in [3.8, 4) is 11.5 Å². The van der Waals surface area contributed by atoms with Crippen LogP contribution in [0.4, 0.5) is 0 Å². The third-order valence-corrected chi connectivity index (χ3v) is 2.20. The van der Waals surface area contributed by atoms with Crippen molar-refractivity contribution in [2.45, 2.75) is 19.4 Å². The van der Waals surface area contributed by atoms with Crippen molar-refractivity contribution in [2.24, 2.45) is 5.73 Å². The minimum atomic E-state index is -0.279. The molecule has 0 saturated heterocycles. The molecule has 0 spiro atoms. The van der Waals surface area contributed by atoms with E-state index in [0.717, 1.165) is 5.57 Å². The molecule has 3 heteroatoms. The summed E-state index contributed by atoms with van der Waals surface area (Å²) in [6, 6.07) is 4.84. The lowest BCUT2D eigenvalue weighted by Gasteiger charge is -2.16. The van der Waals surface area contributed by atoms with E-state index in [9.17, 15) is 5.11 Å². The fourth-order valence-corrected chi connectivity index (χ4v) is 1.56. The fraction of sp³-hybridized carbons (Fsp3) is 0.333. The van der Waals surface area contributed by atoms with Gasteiger partial charge in [0.05, 0.1) is 12.7 Å². The van der Waals surface area contributed by atoms with Crippen LogP contribution in [0.1, 0.15) is 24.9 Å². The molecule has 0 aliphatic rings. The maximum absolute atomic E-state index is 9.72. The molecule has 0 saturated carbocycles.